The van der Waals surface area contributed by atoms with Crippen molar-refractivity contribution < 1.29 is 14.0 Å². The number of nitrogens with zero attached hydrogens (tertiary/aromatic N) is 1. The fraction of sp³-hybridized carbons (Fsp3) is 0.357. The summed E-state index contributed by atoms with van der Waals surface area (Å²) < 4.78 is 13.0. The van der Waals surface area contributed by atoms with Crippen LogP contribution in [0.1, 0.15) is 18.9 Å². The zero-order valence-electron chi connectivity index (χ0n) is 11.1. The topological polar surface area (TPSA) is 96.0 Å². The van der Waals surface area contributed by atoms with Gasteiger partial charge in [-0.15, -0.1) is 0 Å². The SMILES string of the molecule is C[C@@H](C#N)C[C@@H](NC(=O)Cc1cccc(F)c1)C(N)=O. The molecule has 3 N–H and O–H groups in total. The Hall–Kier alpha value is -2.42. The molecule has 0 bridgehead atoms. The molecule has 0 unspecified atom stereocenters. The molecule has 0 aromatic heterocycles. The number of nitrogens with two attached hydrogens (primary N) is 1. The molecule has 6 heteroatoms. The number of hydrogen-bond acceptors (Lipinski definition) is 3. The van der Waals surface area contributed by atoms with Crippen molar-refractivity contribution in [1.82, 2.24) is 5.32 Å². The molecular weight excluding hydrogens is 261 g/mol. The highest BCUT2D eigenvalue weighted by Gasteiger charge is 2.20. The van der Waals surface area contributed by atoms with Crippen molar-refractivity contribution in [1.29, 1.82) is 5.26 Å². The average Bonchev–Trinajstić information content (AvgIpc) is 2.37. The molecule has 0 aliphatic carbocycles. The Morgan fingerprint density at radius 2 is 2.20 bits per heavy atom. The first-order valence-corrected chi connectivity index (χ1v) is 6.15. The largest absolute Gasteiger partial charge is 0.368 e. The number of rotatable bonds is 6. The van der Waals surface area contributed by atoms with Crippen molar-refractivity contribution in [2.75, 3.05) is 0 Å². The maximum absolute atomic E-state index is 13.0. The standard InChI is InChI=1S/C14H16FN3O2/c1-9(8-16)5-12(14(17)20)18-13(19)7-10-3-2-4-11(15)6-10/h2-4,6,9,12H,5,7H2,1H3,(H2,17,20)(H,18,19)/t9-,12-/m1/s1. The van der Waals surface area contributed by atoms with E-state index in [1.165, 1.54) is 18.2 Å². The molecule has 1 rings (SSSR count). The number of benzene rings is 1. The summed E-state index contributed by atoms with van der Waals surface area (Å²) in [6.45, 7) is 1.63. The van der Waals surface area contributed by atoms with E-state index in [0.29, 0.717) is 5.56 Å². The van der Waals surface area contributed by atoms with Crippen LogP contribution in [0.2, 0.25) is 0 Å². The summed E-state index contributed by atoms with van der Waals surface area (Å²) in [5.41, 5.74) is 5.68. The van der Waals surface area contributed by atoms with Gasteiger partial charge >= 0.3 is 0 Å². The van der Waals surface area contributed by atoms with Crippen LogP contribution in [0.4, 0.5) is 4.39 Å². The maximum atomic E-state index is 13.0. The molecule has 1 aromatic rings. The number of carbonyl (C=O) groups excluding carboxylic acids is 2. The number of carbonyl (C=O) groups is 2. The van der Waals surface area contributed by atoms with Crippen LogP contribution < -0.4 is 11.1 Å². The number of nitriles is 1. The van der Waals surface area contributed by atoms with E-state index >= 15 is 0 Å². The van der Waals surface area contributed by atoms with Crippen molar-refractivity contribution >= 4 is 11.8 Å². The fourth-order valence-corrected chi connectivity index (χ4v) is 1.73. The molecule has 0 heterocycles. The Balaban J connectivity index is 2.63. The van der Waals surface area contributed by atoms with Gasteiger partial charge in [0, 0.05) is 5.92 Å². The van der Waals surface area contributed by atoms with E-state index in [2.05, 4.69) is 5.32 Å². The minimum atomic E-state index is -0.897. The van der Waals surface area contributed by atoms with E-state index in [1.807, 2.05) is 6.07 Å². The predicted molar refractivity (Wildman–Crippen MR) is 70.6 cm³/mol. The van der Waals surface area contributed by atoms with Crippen molar-refractivity contribution in [2.24, 2.45) is 11.7 Å². The fourth-order valence-electron chi connectivity index (χ4n) is 1.73. The quantitative estimate of drug-likeness (QED) is 0.808. The van der Waals surface area contributed by atoms with Crippen molar-refractivity contribution in [2.45, 2.75) is 25.8 Å². The molecule has 5 nitrogen and oxygen atoms in total. The molecule has 20 heavy (non-hydrogen) atoms. The third-order valence-electron chi connectivity index (χ3n) is 2.74. The lowest BCUT2D eigenvalue weighted by molar-refractivity contribution is -0.127. The van der Waals surface area contributed by atoms with Gasteiger partial charge in [-0.25, -0.2) is 4.39 Å². The van der Waals surface area contributed by atoms with Gasteiger partial charge in [-0.3, -0.25) is 9.59 Å². The number of amides is 2. The molecule has 2 amide bonds. The molecule has 0 saturated heterocycles. The molecule has 2 atom stereocenters. The van der Waals surface area contributed by atoms with E-state index in [4.69, 9.17) is 11.0 Å². The molecule has 106 valence electrons. The highest BCUT2D eigenvalue weighted by atomic mass is 19.1. The van der Waals surface area contributed by atoms with E-state index < -0.39 is 29.6 Å². The maximum Gasteiger partial charge on any atom is 0.240 e. The van der Waals surface area contributed by atoms with E-state index in [-0.39, 0.29) is 12.8 Å². The summed E-state index contributed by atoms with van der Waals surface area (Å²) in [6, 6.07) is 6.71. The Labute approximate surface area is 116 Å². The van der Waals surface area contributed by atoms with Crippen LogP contribution >= 0.6 is 0 Å². The number of hydrogen-bond donors (Lipinski definition) is 2. The van der Waals surface area contributed by atoms with Gasteiger partial charge < -0.3 is 11.1 Å². The first-order valence-electron chi connectivity index (χ1n) is 6.15. The predicted octanol–water partition coefficient (Wildman–Crippen LogP) is 0.888. The van der Waals surface area contributed by atoms with Crippen LogP contribution in [0.5, 0.6) is 0 Å². The van der Waals surface area contributed by atoms with Crippen LogP contribution in [0, 0.1) is 23.1 Å². The van der Waals surface area contributed by atoms with Crippen LogP contribution in [-0.4, -0.2) is 17.9 Å². The summed E-state index contributed by atoms with van der Waals surface area (Å²) in [6.07, 6.45) is 0.100. The van der Waals surface area contributed by atoms with Gasteiger partial charge in [0.15, 0.2) is 0 Å². The first-order chi connectivity index (χ1) is 9.42. The van der Waals surface area contributed by atoms with Gasteiger partial charge in [-0.2, -0.15) is 5.26 Å². The van der Waals surface area contributed by atoms with Crippen LogP contribution in [-0.2, 0) is 16.0 Å². The van der Waals surface area contributed by atoms with Gasteiger partial charge in [-0.1, -0.05) is 12.1 Å². The number of nitrogens with one attached hydrogen (secondary N) is 1. The summed E-state index contributed by atoms with van der Waals surface area (Å²) in [4.78, 5) is 23.0. The molecule has 0 saturated carbocycles. The second-order valence-electron chi connectivity index (χ2n) is 4.60. The Morgan fingerprint density at radius 1 is 1.50 bits per heavy atom. The van der Waals surface area contributed by atoms with E-state index in [1.54, 1.807) is 13.0 Å². The second kappa shape index (κ2) is 7.24. The van der Waals surface area contributed by atoms with Gasteiger partial charge in [0.05, 0.1) is 12.5 Å². The van der Waals surface area contributed by atoms with Crippen molar-refractivity contribution in [3.05, 3.63) is 35.6 Å². The minimum absolute atomic E-state index is 0.0531. The zero-order chi connectivity index (χ0) is 15.1. The molecule has 0 fully saturated rings. The highest BCUT2D eigenvalue weighted by Crippen LogP contribution is 2.07. The van der Waals surface area contributed by atoms with Gasteiger partial charge in [0.1, 0.15) is 11.9 Å². The molecule has 0 aliphatic rings. The summed E-state index contributed by atoms with van der Waals surface area (Å²) >= 11 is 0. The number of primary amides is 1. The molecule has 0 radical (unpaired) electrons. The Bertz CT molecular complexity index is 539. The van der Waals surface area contributed by atoms with Gasteiger partial charge in [-0.05, 0) is 31.0 Å². The normalized spacial score (nSPS) is 13.1. The Kier molecular flexibility index (Phi) is 5.66. The lowest BCUT2D eigenvalue weighted by Gasteiger charge is -2.16. The third kappa shape index (κ3) is 5.06. The minimum Gasteiger partial charge on any atom is -0.368 e. The lowest BCUT2D eigenvalue weighted by atomic mass is 10.0. The zero-order valence-corrected chi connectivity index (χ0v) is 11.1. The van der Waals surface area contributed by atoms with Crippen LogP contribution in [0.3, 0.4) is 0 Å². The van der Waals surface area contributed by atoms with E-state index in [9.17, 15) is 14.0 Å². The smallest absolute Gasteiger partial charge is 0.240 e. The monoisotopic (exact) mass is 277 g/mol. The molecular formula is C14H16FN3O2. The summed E-state index contributed by atoms with van der Waals surface area (Å²) in [5, 5.41) is 11.2. The van der Waals surface area contributed by atoms with Crippen LogP contribution in [0.25, 0.3) is 0 Å². The van der Waals surface area contributed by atoms with Crippen molar-refractivity contribution in [3.63, 3.8) is 0 Å². The van der Waals surface area contributed by atoms with Gasteiger partial charge in [0.25, 0.3) is 0 Å². The van der Waals surface area contributed by atoms with Crippen molar-refractivity contribution in [3.8, 4) is 6.07 Å². The molecule has 0 aliphatic heterocycles. The third-order valence-corrected chi connectivity index (χ3v) is 2.74. The first kappa shape index (κ1) is 15.6. The number of halogens is 1. The molecule has 1 aromatic carbocycles. The van der Waals surface area contributed by atoms with Gasteiger partial charge in [0.2, 0.25) is 11.8 Å². The highest BCUT2D eigenvalue weighted by molar-refractivity contribution is 5.87. The molecule has 0 spiro atoms. The summed E-state index contributed by atoms with van der Waals surface area (Å²) in [5.74, 6) is -1.97. The lowest BCUT2D eigenvalue weighted by Crippen LogP contribution is -2.45. The van der Waals surface area contributed by atoms with E-state index in [0.717, 1.165) is 0 Å². The average molecular weight is 277 g/mol. The Morgan fingerprint density at radius 3 is 2.75 bits per heavy atom. The summed E-state index contributed by atoms with van der Waals surface area (Å²) in [7, 11) is 0. The van der Waals surface area contributed by atoms with Crippen LogP contribution in [0.15, 0.2) is 24.3 Å². The second-order valence-corrected chi connectivity index (χ2v) is 4.60.